The van der Waals surface area contributed by atoms with Gasteiger partial charge in [0.1, 0.15) is 12.4 Å². The zero-order valence-corrected chi connectivity index (χ0v) is 13.6. The normalized spacial score (nSPS) is 10.2. The first-order valence-corrected chi connectivity index (χ1v) is 7.23. The van der Waals surface area contributed by atoms with E-state index in [1.54, 1.807) is 25.3 Å². The van der Waals surface area contributed by atoms with Crippen molar-refractivity contribution in [2.45, 2.75) is 6.61 Å². The van der Waals surface area contributed by atoms with Crippen molar-refractivity contribution >= 4 is 39.2 Å². The average molecular weight is 371 g/mol. The Hall–Kier alpha value is -1.72. The van der Waals surface area contributed by atoms with Crippen LogP contribution in [0, 0.1) is 0 Å². The molecule has 2 N–H and O–H groups in total. The van der Waals surface area contributed by atoms with E-state index in [4.69, 9.17) is 26.8 Å². The zero-order valence-electron chi connectivity index (χ0n) is 11.2. The van der Waals surface area contributed by atoms with Gasteiger partial charge in [0.2, 0.25) is 0 Å². The monoisotopic (exact) mass is 369 g/mol. The molecule has 2 aromatic rings. The first-order chi connectivity index (χ1) is 10.0. The fourth-order valence-corrected chi connectivity index (χ4v) is 2.16. The van der Waals surface area contributed by atoms with Crippen LogP contribution in [-0.2, 0) is 11.3 Å². The summed E-state index contributed by atoms with van der Waals surface area (Å²) in [6.07, 6.45) is 0. The lowest BCUT2D eigenvalue weighted by molar-refractivity contribution is 0.0471. The lowest BCUT2D eigenvalue weighted by Crippen LogP contribution is -2.06. The summed E-state index contributed by atoms with van der Waals surface area (Å²) in [4.78, 5) is 12.0. The number of nitrogen functional groups attached to an aromatic ring is 1. The van der Waals surface area contributed by atoms with Crippen molar-refractivity contribution in [2.75, 3.05) is 12.8 Å². The fraction of sp³-hybridized carbons (Fsp3) is 0.133. The molecule has 0 aliphatic carbocycles. The van der Waals surface area contributed by atoms with E-state index in [0.717, 1.165) is 10.0 Å². The molecule has 0 saturated heterocycles. The molecule has 0 aliphatic rings. The molecule has 2 aromatic carbocycles. The number of carbonyl (C=O) groups is 1. The highest BCUT2D eigenvalue weighted by Gasteiger charge is 2.11. The summed E-state index contributed by atoms with van der Waals surface area (Å²) in [6.45, 7) is 0.124. The number of carbonyl (C=O) groups excluding carboxylic acids is 1. The van der Waals surface area contributed by atoms with E-state index in [2.05, 4.69) is 15.9 Å². The van der Waals surface area contributed by atoms with E-state index in [0.29, 0.717) is 22.0 Å². The Morgan fingerprint density at radius 2 is 2.05 bits per heavy atom. The Labute approximate surface area is 135 Å². The van der Waals surface area contributed by atoms with E-state index in [-0.39, 0.29) is 6.61 Å². The number of hydrogen-bond donors (Lipinski definition) is 1. The van der Waals surface area contributed by atoms with Gasteiger partial charge in [-0.05, 0) is 36.4 Å². The fourth-order valence-electron chi connectivity index (χ4n) is 1.69. The van der Waals surface area contributed by atoms with Crippen LogP contribution in [0.2, 0.25) is 5.02 Å². The van der Waals surface area contributed by atoms with E-state index in [9.17, 15) is 4.79 Å². The molecule has 6 heteroatoms. The van der Waals surface area contributed by atoms with Gasteiger partial charge < -0.3 is 15.2 Å². The van der Waals surface area contributed by atoms with Gasteiger partial charge in [-0.3, -0.25) is 0 Å². The summed E-state index contributed by atoms with van der Waals surface area (Å²) in [5.74, 6) is 0.230. The van der Waals surface area contributed by atoms with Crippen molar-refractivity contribution in [1.82, 2.24) is 0 Å². The van der Waals surface area contributed by atoms with Gasteiger partial charge in [0.05, 0.1) is 23.4 Å². The number of halogens is 2. The number of rotatable bonds is 4. The van der Waals surface area contributed by atoms with E-state index >= 15 is 0 Å². The second-order valence-electron chi connectivity index (χ2n) is 4.27. The Kier molecular flexibility index (Phi) is 5.09. The van der Waals surface area contributed by atoms with Crippen molar-refractivity contribution in [2.24, 2.45) is 0 Å². The van der Waals surface area contributed by atoms with Crippen LogP contribution < -0.4 is 10.5 Å². The van der Waals surface area contributed by atoms with Crippen molar-refractivity contribution in [3.8, 4) is 5.75 Å². The van der Waals surface area contributed by atoms with Gasteiger partial charge in [0.15, 0.2) is 0 Å². The summed E-state index contributed by atoms with van der Waals surface area (Å²) >= 11 is 9.22. The van der Waals surface area contributed by atoms with Crippen molar-refractivity contribution in [3.63, 3.8) is 0 Å². The molecular weight excluding hydrogens is 358 g/mol. The standard InChI is InChI=1S/C15H13BrClNO3/c1-20-11-3-4-12(16)10(6-11)8-21-15(19)9-2-5-13(17)14(18)7-9/h2-7H,8,18H2,1H3. The first-order valence-electron chi connectivity index (χ1n) is 6.06. The van der Waals surface area contributed by atoms with Crippen molar-refractivity contribution in [1.29, 1.82) is 0 Å². The van der Waals surface area contributed by atoms with Gasteiger partial charge in [-0.2, -0.15) is 0 Å². The predicted molar refractivity (Wildman–Crippen MR) is 85.7 cm³/mol. The third kappa shape index (κ3) is 3.89. The summed E-state index contributed by atoms with van der Waals surface area (Å²) in [6, 6.07) is 10.1. The minimum atomic E-state index is -0.465. The molecule has 0 fully saturated rings. The predicted octanol–water partition coefficient (Wildman–Crippen LogP) is 4.05. The first kappa shape index (κ1) is 15.7. The van der Waals surface area contributed by atoms with Crippen molar-refractivity contribution < 1.29 is 14.3 Å². The van der Waals surface area contributed by atoms with Gasteiger partial charge in [0.25, 0.3) is 0 Å². The number of hydrogen-bond acceptors (Lipinski definition) is 4. The minimum absolute atomic E-state index is 0.124. The lowest BCUT2D eigenvalue weighted by Gasteiger charge is -2.09. The van der Waals surface area contributed by atoms with Gasteiger partial charge in [0, 0.05) is 10.0 Å². The van der Waals surface area contributed by atoms with E-state index in [1.165, 1.54) is 6.07 Å². The highest BCUT2D eigenvalue weighted by molar-refractivity contribution is 9.10. The maximum Gasteiger partial charge on any atom is 0.338 e. The van der Waals surface area contributed by atoms with Crippen LogP contribution in [-0.4, -0.2) is 13.1 Å². The molecule has 0 unspecified atom stereocenters. The summed E-state index contributed by atoms with van der Waals surface area (Å²) in [7, 11) is 1.58. The van der Waals surface area contributed by atoms with Gasteiger partial charge >= 0.3 is 5.97 Å². The maximum atomic E-state index is 12.0. The van der Waals surface area contributed by atoms with Gasteiger partial charge in [-0.1, -0.05) is 27.5 Å². The number of ether oxygens (including phenoxy) is 2. The SMILES string of the molecule is COc1ccc(Br)c(COC(=O)c2ccc(Cl)c(N)c2)c1. The lowest BCUT2D eigenvalue weighted by atomic mass is 10.2. The zero-order chi connectivity index (χ0) is 15.4. The molecule has 0 atom stereocenters. The second-order valence-corrected chi connectivity index (χ2v) is 5.53. The second kappa shape index (κ2) is 6.83. The van der Waals surface area contributed by atoms with Crippen LogP contribution in [0.5, 0.6) is 5.75 Å². The maximum absolute atomic E-state index is 12.0. The van der Waals surface area contributed by atoms with Crippen molar-refractivity contribution in [3.05, 3.63) is 57.0 Å². The molecule has 0 amide bonds. The van der Waals surface area contributed by atoms with Crippen LogP contribution in [0.25, 0.3) is 0 Å². The molecule has 0 saturated carbocycles. The molecule has 0 spiro atoms. The van der Waals surface area contributed by atoms with Crippen LogP contribution in [0.15, 0.2) is 40.9 Å². The molecule has 0 radical (unpaired) electrons. The highest BCUT2D eigenvalue weighted by atomic mass is 79.9. The van der Waals surface area contributed by atoms with E-state index in [1.807, 2.05) is 12.1 Å². The Morgan fingerprint density at radius 1 is 1.29 bits per heavy atom. The Bertz CT molecular complexity index is 676. The molecule has 110 valence electrons. The average Bonchev–Trinajstić information content (AvgIpc) is 2.49. The van der Waals surface area contributed by atoms with E-state index < -0.39 is 5.97 Å². The topological polar surface area (TPSA) is 61.5 Å². The molecule has 0 heterocycles. The number of nitrogens with two attached hydrogens (primary N) is 1. The quantitative estimate of drug-likeness (QED) is 0.651. The van der Waals surface area contributed by atoms with Crippen LogP contribution in [0.1, 0.15) is 15.9 Å². The number of esters is 1. The largest absolute Gasteiger partial charge is 0.497 e. The molecule has 0 aliphatic heterocycles. The molecule has 21 heavy (non-hydrogen) atoms. The minimum Gasteiger partial charge on any atom is -0.497 e. The number of anilines is 1. The molecular formula is C15H13BrClNO3. The smallest absolute Gasteiger partial charge is 0.338 e. The Balaban J connectivity index is 2.08. The third-order valence-corrected chi connectivity index (χ3v) is 3.96. The van der Waals surface area contributed by atoms with Gasteiger partial charge in [-0.15, -0.1) is 0 Å². The van der Waals surface area contributed by atoms with Crippen LogP contribution in [0.3, 0.4) is 0 Å². The number of benzene rings is 2. The molecule has 0 bridgehead atoms. The van der Waals surface area contributed by atoms with Gasteiger partial charge in [-0.25, -0.2) is 4.79 Å². The summed E-state index contributed by atoms with van der Waals surface area (Å²) in [5, 5.41) is 0.405. The summed E-state index contributed by atoms with van der Waals surface area (Å²) < 4.78 is 11.2. The molecule has 2 rings (SSSR count). The van der Waals surface area contributed by atoms with Crippen LogP contribution in [0.4, 0.5) is 5.69 Å². The third-order valence-electron chi connectivity index (χ3n) is 2.84. The highest BCUT2D eigenvalue weighted by Crippen LogP contribution is 2.24. The summed E-state index contributed by atoms with van der Waals surface area (Å²) in [5.41, 5.74) is 7.17. The molecule has 4 nitrogen and oxygen atoms in total. The number of methoxy groups -OCH3 is 1. The van der Waals surface area contributed by atoms with Crippen LogP contribution >= 0.6 is 27.5 Å². The molecule has 0 aromatic heterocycles. The Morgan fingerprint density at radius 3 is 2.71 bits per heavy atom.